The zero-order valence-electron chi connectivity index (χ0n) is 15.2. The van der Waals surface area contributed by atoms with Crippen LogP contribution in [0, 0.1) is 0 Å². The maximum absolute atomic E-state index is 12.5. The van der Waals surface area contributed by atoms with Crippen molar-refractivity contribution in [1.82, 2.24) is 4.98 Å². The predicted octanol–water partition coefficient (Wildman–Crippen LogP) is 4.02. The summed E-state index contributed by atoms with van der Waals surface area (Å²) in [4.78, 5) is 29.6. The molecule has 5 heteroatoms. The van der Waals surface area contributed by atoms with Crippen molar-refractivity contribution in [2.24, 2.45) is 0 Å². The van der Waals surface area contributed by atoms with Gasteiger partial charge in [0.05, 0.1) is 0 Å². The molecule has 2 aromatic carbocycles. The number of hydrogen-bond donors (Lipinski definition) is 2. The van der Waals surface area contributed by atoms with Crippen LogP contribution in [0.2, 0.25) is 0 Å². The van der Waals surface area contributed by atoms with Crippen LogP contribution in [-0.2, 0) is 0 Å². The van der Waals surface area contributed by atoms with E-state index in [2.05, 4.69) is 36.0 Å². The van der Waals surface area contributed by atoms with Crippen molar-refractivity contribution in [3.63, 3.8) is 0 Å². The minimum Gasteiger partial charge on any atom is -0.369 e. The molecule has 1 aromatic heterocycles. The minimum absolute atomic E-state index is 0.246. The molecule has 3 aromatic rings. The van der Waals surface area contributed by atoms with Gasteiger partial charge in [-0.05, 0) is 62.6 Å². The third-order valence-corrected chi connectivity index (χ3v) is 4.42. The highest BCUT2D eigenvalue weighted by Crippen LogP contribution is 2.20. The summed E-state index contributed by atoms with van der Waals surface area (Å²) in [7, 11) is 0. The summed E-state index contributed by atoms with van der Waals surface area (Å²) in [5, 5.41) is 4.15. The highest BCUT2D eigenvalue weighted by atomic mass is 16.2. The predicted molar refractivity (Wildman–Crippen MR) is 107 cm³/mol. The van der Waals surface area contributed by atoms with Gasteiger partial charge in [0.25, 0.3) is 11.5 Å². The van der Waals surface area contributed by atoms with Crippen molar-refractivity contribution in [2.45, 2.75) is 26.8 Å². The second-order valence-corrected chi connectivity index (χ2v) is 6.48. The van der Waals surface area contributed by atoms with Gasteiger partial charge < -0.3 is 15.2 Å². The number of nitrogens with zero attached hydrogens (tertiary/aromatic N) is 1. The van der Waals surface area contributed by atoms with Crippen LogP contribution in [-0.4, -0.2) is 23.5 Å². The Bertz CT molecular complexity index is 974. The van der Waals surface area contributed by atoms with Gasteiger partial charge in [0.1, 0.15) is 5.69 Å². The Kier molecular flexibility index (Phi) is 5.07. The number of pyridine rings is 1. The molecular weight excluding hydrogens is 326 g/mol. The average molecular weight is 349 g/mol. The number of fused-ring (bicyclic) bond motifs is 1. The summed E-state index contributed by atoms with van der Waals surface area (Å²) in [5.74, 6) is -0.336. The average Bonchev–Trinajstić information content (AvgIpc) is 2.63. The molecule has 0 aliphatic carbocycles. The molecule has 0 saturated carbocycles. The zero-order valence-corrected chi connectivity index (χ0v) is 15.2. The van der Waals surface area contributed by atoms with Crippen LogP contribution in [0.3, 0.4) is 0 Å². The molecule has 5 nitrogen and oxygen atoms in total. The molecule has 0 saturated heterocycles. The minimum atomic E-state index is -0.336. The van der Waals surface area contributed by atoms with Gasteiger partial charge in [-0.2, -0.15) is 0 Å². The summed E-state index contributed by atoms with van der Waals surface area (Å²) in [6, 6.07) is 17.0. The van der Waals surface area contributed by atoms with Gasteiger partial charge in [-0.15, -0.1) is 0 Å². The molecule has 0 fully saturated rings. The molecule has 3 rings (SSSR count). The Morgan fingerprint density at radius 1 is 1.12 bits per heavy atom. The molecular formula is C21H23N3O2. The number of rotatable bonds is 5. The molecule has 0 bridgehead atoms. The fourth-order valence-electron chi connectivity index (χ4n) is 3.11. The summed E-state index contributed by atoms with van der Waals surface area (Å²) in [6.45, 7) is 7.33. The van der Waals surface area contributed by atoms with E-state index in [0.717, 1.165) is 17.6 Å². The van der Waals surface area contributed by atoms with E-state index in [1.165, 1.54) is 0 Å². The van der Waals surface area contributed by atoms with E-state index in [-0.39, 0.29) is 17.2 Å². The van der Waals surface area contributed by atoms with Gasteiger partial charge in [-0.3, -0.25) is 9.59 Å². The Morgan fingerprint density at radius 2 is 1.81 bits per heavy atom. The number of aromatic amines is 1. The third-order valence-electron chi connectivity index (χ3n) is 4.42. The van der Waals surface area contributed by atoms with Gasteiger partial charge in [-0.25, -0.2) is 0 Å². The first-order chi connectivity index (χ1) is 12.5. The van der Waals surface area contributed by atoms with Crippen LogP contribution in [0.5, 0.6) is 0 Å². The van der Waals surface area contributed by atoms with Crippen LogP contribution in [0.25, 0.3) is 10.8 Å². The van der Waals surface area contributed by atoms with Gasteiger partial charge in [0.2, 0.25) is 0 Å². The molecule has 2 N–H and O–H groups in total. The van der Waals surface area contributed by atoms with Gasteiger partial charge in [0, 0.05) is 29.3 Å². The Morgan fingerprint density at radius 3 is 2.46 bits per heavy atom. The van der Waals surface area contributed by atoms with Crippen molar-refractivity contribution in [1.29, 1.82) is 0 Å². The number of carbonyl (C=O) groups excluding carboxylic acids is 1. The largest absolute Gasteiger partial charge is 0.369 e. The number of benzene rings is 2. The summed E-state index contributed by atoms with van der Waals surface area (Å²) in [5.41, 5.74) is 1.78. The summed E-state index contributed by atoms with van der Waals surface area (Å²) in [6.07, 6.45) is 0. The quantitative estimate of drug-likeness (QED) is 0.731. The van der Waals surface area contributed by atoms with Gasteiger partial charge >= 0.3 is 0 Å². The van der Waals surface area contributed by atoms with E-state index in [9.17, 15) is 9.59 Å². The van der Waals surface area contributed by atoms with Crippen LogP contribution < -0.4 is 15.8 Å². The molecule has 0 aliphatic heterocycles. The SMILES string of the molecule is CCN(c1ccc(NC(=O)c2cc3ccccc3c(=O)[nH]2)cc1)C(C)C. The first kappa shape index (κ1) is 17.7. The lowest BCUT2D eigenvalue weighted by Crippen LogP contribution is -2.30. The van der Waals surface area contributed by atoms with Gasteiger partial charge in [-0.1, -0.05) is 18.2 Å². The van der Waals surface area contributed by atoms with E-state index in [0.29, 0.717) is 17.1 Å². The number of carbonyl (C=O) groups is 1. The maximum Gasteiger partial charge on any atom is 0.272 e. The molecule has 134 valence electrons. The molecule has 0 aliphatic rings. The number of nitrogens with one attached hydrogen (secondary N) is 2. The fraction of sp³-hybridized carbons (Fsp3) is 0.238. The van der Waals surface area contributed by atoms with Gasteiger partial charge in [0.15, 0.2) is 0 Å². The van der Waals surface area contributed by atoms with Crippen molar-refractivity contribution in [3.05, 3.63) is 70.6 Å². The lowest BCUT2D eigenvalue weighted by atomic mass is 10.1. The summed E-state index contributed by atoms with van der Waals surface area (Å²) < 4.78 is 0. The molecule has 1 heterocycles. The number of anilines is 2. The Labute approximate surface area is 152 Å². The topological polar surface area (TPSA) is 65.2 Å². The highest BCUT2D eigenvalue weighted by Gasteiger charge is 2.11. The zero-order chi connectivity index (χ0) is 18.7. The molecule has 0 radical (unpaired) electrons. The second-order valence-electron chi connectivity index (χ2n) is 6.48. The standard InChI is InChI=1S/C21H23N3O2/c1-4-24(14(2)3)17-11-9-16(10-12-17)22-21(26)19-13-15-7-5-6-8-18(15)20(25)23-19/h5-14H,4H2,1-3H3,(H,22,26)(H,23,25). The van der Waals surface area contributed by atoms with E-state index < -0.39 is 0 Å². The van der Waals surface area contributed by atoms with Crippen molar-refractivity contribution in [2.75, 3.05) is 16.8 Å². The molecule has 0 spiro atoms. The lowest BCUT2D eigenvalue weighted by molar-refractivity contribution is 0.102. The van der Waals surface area contributed by atoms with Crippen LogP contribution in [0.15, 0.2) is 59.4 Å². The number of aromatic nitrogens is 1. The summed E-state index contributed by atoms with van der Waals surface area (Å²) >= 11 is 0. The van der Waals surface area contributed by atoms with Crippen molar-refractivity contribution < 1.29 is 4.79 Å². The first-order valence-electron chi connectivity index (χ1n) is 8.79. The normalized spacial score (nSPS) is 10.9. The van der Waals surface area contributed by atoms with Crippen LogP contribution in [0.1, 0.15) is 31.3 Å². The van der Waals surface area contributed by atoms with Crippen molar-refractivity contribution >= 4 is 28.1 Å². The number of amides is 1. The molecule has 26 heavy (non-hydrogen) atoms. The van der Waals surface area contributed by atoms with E-state index >= 15 is 0 Å². The van der Waals surface area contributed by atoms with E-state index in [1.807, 2.05) is 36.4 Å². The highest BCUT2D eigenvalue weighted by molar-refractivity contribution is 6.04. The Hall–Kier alpha value is -3.08. The Balaban J connectivity index is 1.81. The smallest absolute Gasteiger partial charge is 0.272 e. The number of H-pyrrole nitrogens is 1. The van der Waals surface area contributed by atoms with E-state index in [1.54, 1.807) is 18.2 Å². The van der Waals surface area contributed by atoms with Crippen molar-refractivity contribution in [3.8, 4) is 0 Å². The third kappa shape index (κ3) is 3.61. The fourth-order valence-corrected chi connectivity index (χ4v) is 3.11. The van der Waals surface area contributed by atoms with Crippen LogP contribution in [0.4, 0.5) is 11.4 Å². The monoisotopic (exact) mass is 349 g/mol. The molecule has 0 unspecified atom stereocenters. The maximum atomic E-state index is 12.5. The number of hydrogen-bond acceptors (Lipinski definition) is 3. The van der Waals surface area contributed by atoms with E-state index in [4.69, 9.17) is 0 Å². The van der Waals surface area contributed by atoms with Crippen LogP contribution >= 0.6 is 0 Å². The lowest BCUT2D eigenvalue weighted by Gasteiger charge is -2.27. The second kappa shape index (κ2) is 7.44. The molecule has 1 amide bonds. The molecule has 0 atom stereocenters. The first-order valence-corrected chi connectivity index (χ1v) is 8.79.